The molecule has 4 aliphatic rings. The predicted octanol–water partition coefficient (Wildman–Crippen LogP) is -0.744. The molecule has 4 aliphatic heterocycles. The van der Waals surface area contributed by atoms with Gasteiger partial charge in [0.05, 0.1) is 32.2 Å². The first-order valence-electron chi connectivity index (χ1n) is 15.4. The van der Waals surface area contributed by atoms with Crippen LogP contribution >= 0.6 is 0 Å². The van der Waals surface area contributed by atoms with Gasteiger partial charge in [0.15, 0.2) is 0 Å². The minimum Gasteiger partial charge on any atom is -0.497 e. The summed E-state index contributed by atoms with van der Waals surface area (Å²) >= 11 is 0. The molecule has 4 fully saturated rings. The molecule has 4 heterocycles. The van der Waals surface area contributed by atoms with E-state index in [1.54, 1.807) is 12.0 Å². The first-order valence-corrected chi connectivity index (χ1v) is 15.4. The van der Waals surface area contributed by atoms with E-state index >= 15 is 0 Å². The number of hydrogen-bond acceptors (Lipinski definition) is 9. The van der Waals surface area contributed by atoms with E-state index in [1.165, 1.54) is 29.2 Å². The molecule has 2 aromatic rings. The number of hydrogen-bond donors (Lipinski definition) is 4. The van der Waals surface area contributed by atoms with Gasteiger partial charge in [-0.3, -0.25) is 24.1 Å². The van der Waals surface area contributed by atoms with Crippen LogP contribution in [0.15, 0.2) is 48.5 Å². The van der Waals surface area contributed by atoms with Gasteiger partial charge >= 0.3 is 0 Å². The van der Waals surface area contributed by atoms with Crippen molar-refractivity contribution in [3.05, 3.63) is 65.5 Å². The molecule has 0 saturated carbocycles. The van der Waals surface area contributed by atoms with E-state index in [9.17, 15) is 33.8 Å². The van der Waals surface area contributed by atoms with Crippen LogP contribution in [0.1, 0.15) is 28.8 Å². The van der Waals surface area contributed by atoms with Crippen LogP contribution < -0.4 is 15.4 Å². The molecule has 6 bridgehead atoms. The van der Waals surface area contributed by atoms with E-state index in [-0.39, 0.29) is 56.0 Å². The van der Waals surface area contributed by atoms with Crippen molar-refractivity contribution in [2.24, 2.45) is 0 Å². The minimum absolute atomic E-state index is 0.0478. The number of methoxy groups -OCH3 is 1. The van der Waals surface area contributed by atoms with E-state index in [1.807, 2.05) is 29.2 Å². The fraction of sp³-hybridized carbons (Fsp3) is 0.500. The molecule has 13 nitrogen and oxygen atoms in total. The lowest BCUT2D eigenvalue weighted by atomic mass is 10.0. The Hall–Kier alpha value is -4.11. The number of fused-ring (bicyclic) bond motifs is 6. The third kappa shape index (κ3) is 6.56. The van der Waals surface area contributed by atoms with Crippen LogP contribution in [0, 0.1) is 5.82 Å². The molecule has 0 radical (unpaired) electrons. The van der Waals surface area contributed by atoms with Crippen LogP contribution in [-0.4, -0.2) is 131 Å². The number of likely N-dealkylation sites (tertiary alicyclic amines) is 1. The lowest BCUT2D eigenvalue weighted by molar-refractivity contribution is -0.141. The molecule has 14 heteroatoms. The van der Waals surface area contributed by atoms with Crippen molar-refractivity contribution < 1.29 is 43.3 Å². The second-order valence-corrected chi connectivity index (χ2v) is 12.2. The molecule has 4 amide bonds. The molecule has 46 heavy (non-hydrogen) atoms. The highest BCUT2D eigenvalue weighted by Crippen LogP contribution is 2.28. The molecule has 2 aromatic carbocycles. The average Bonchev–Trinajstić information content (AvgIpc) is 3.57. The van der Waals surface area contributed by atoms with Crippen LogP contribution in [-0.2, 0) is 25.7 Å². The van der Waals surface area contributed by atoms with Crippen molar-refractivity contribution in [2.75, 3.05) is 39.8 Å². The number of ether oxygens (including phenoxy) is 2. The third-order valence-corrected chi connectivity index (χ3v) is 9.25. The van der Waals surface area contributed by atoms with E-state index in [4.69, 9.17) is 9.47 Å². The van der Waals surface area contributed by atoms with E-state index in [0.29, 0.717) is 25.3 Å². The molecule has 4 N–H and O–H groups in total. The van der Waals surface area contributed by atoms with Gasteiger partial charge in [-0.15, -0.1) is 0 Å². The first-order chi connectivity index (χ1) is 22.1. The van der Waals surface area contributed by atoms with Gasteiger partial charge in [-0.2, -0.15) is 0 Å². The second-order valence-electron chi connectivity index (χ2n) is 12.2. The van der Waals surface area contributed by atoms with Crippen LogP contribution in [0.3, 0.4) is 0 Å². The number of aliphatic hydroxyl groups excluding tert-OH is 2. The summed E-state index contributed by atoms with van der Waals surface area (Å²) in [5.41, 5.74) is 1.10. The van der Waals surface area contributed by atoms with Crippen molar-refractivity contribution >= 4 is 23.6 Å². The van der Waals surface area contributed by atoms with Gasteiger partial charge in [0.25, 0.3) is 5.91 Å². The Morgan fingerprint density at radius 1 is 1.02 bits per heavy atom. The Labute approximate surface area is 265 Å². The first kappa shape index (κ1) is 31.9. The van der Waals surface area contributed by atoms with E-state index in [2.05, 4.69) is 10.6 Å². The molecule has 0 spiro atoms. The number of piperazine rings is 1. The van der Waals surface area contributed by atoms with Crippen LogP contribution in [0.5, 0.6) is 5.75 Å². The van der Waals surface area contributed by atoms with E-state index < -0.39 is 54.1 Å². The highest BCUT2D eigenvalue weighted by molar-refractivity contribution is 5.98. The number of nitrogens with zero attached hydrogens (tertiary/aromatic N) is 3. The highest BCUT2D eigenvalue weighted by atomic mass is 19.1. The fourth-order valence-corrected chi connectivity index (χ4v) is 6.82. The number of carbonyl (C=O) groups excluding carboxylic acids is 4. The Kier molecular flexibility index (Phi) is 9.22. The van der Waals surface area contributed by atoms with Gasteiger partial charge < -0.3 is 40.1 Å². The Bertz CT molecular complexity index is 1480. The Morgan fingerprint density at radius 3 is 2.54 bits per heavy atom. The predicted molar refractivity (Wildman–Crippen MR) is 160 cm³/mol. The molecular formula is C32H38FN5O8. The zero-order valence-corrected chi connectivity index (χ0v) is 25.4. The summed E-state index contributed by atoms with van der Waals surface area (Å²) in [6.45, 7) is 0.673. The van der Waals surface area contributed by atoms with Crippen molar-refractivity contribution in [1.82, 2.24) is 25.3 Å². The molecule has 246 valence electrons. The molecule has 0 aromatic heterocycles. The number of nitrogens with one attached hydrogen (secondary N) is 2. The van der Waals surface area contributed by atoms with Crippen LogP contribution in [0.25, 0.3) is 0 Å². The number of carbonyl (C=O) groups is 4. The standard InChI is InChI=1S/C32H38FN5O8/c1-45-22-4-2-3-18(11-22)15-37-16-21-12-23(37)32(44)36-9-10-38(31(43)19-5-7-20(33)8-6-19)24(17-36)30(42)34-14-26-29(41)28(40)25(46-26)13-27(39)35-21/h2-8,11,21,23-26,28-29,40-41H,9-10,12-17H2,1H3,(H,34,42)(H,35,39)/t21-,23-,24-,25-,26+,28-,29+/m0/s1. The number of aliphatic hydroxyl groups is 2. The molecular weight excluding hydrogens is 601 g/mol. The van der Waals surface area contributed by atoms with Crippen molar-refractivity contribution in [1.29, 1.82) is 0 Å². The maximum Gasteiger partial charge on any atom is 0.254 e. The molecule has 0 aliphatic carbocycles. The summed E-state index contributed by atoms with van der Waals surface area (Å²) in [6.07, 6.45) is -4.63. The average molecular weight is 640 g/mol. The summed E-state index contributed by atoms with van der Waals surface area (Å²) in [7, 11) is 1.57. The Morgan fingerprint density at radius 2 is 1.78 bits per heavy atom. The van der Waals surface area contributed by atoms with Crippen molar-refractivity contribution in [2.45, 2.75) is 61.9 Å². The zero-order valence-electron chi connectivity index (χ0n) is 25.4. The summed E-state index contributed by atoms with van der Waals surface area (Å²) in [5, 5.41) is 26.9. The maximum absolute atomic E-state index is 14.2. The lowest BCUT2D eigenvalue weighted by Gasteiger charge is -2.42. The quantitative estimate of drug-likeness (QED) is 0.338. The molecule has 4 saturated heterocycles. The number of halogens is 1. The Balaban J connectivity index is 1.30. The van der Waals surface area contributed by atoms with E-state index in [0.717, 1.165) is 5.56 Å². The smallest absolute Gasteiger partial charge is 0.254 e. The summed E-state index contributed by atoms with van der Waals surface area (Å²) in [4.78, 5) is 59.4. The number of rotatable bonds is 4. The molecule has 6 rings (SSSR count). The van der Waals surface area contributed by atoms with Gasteiger partial charge in [-0.25, -0.2) is 4.39 Å². The maximum atomic E-state index is 14.2. The van der Waals surface area contributed by atoms with Crippen LogP contribution in [0.2, 0.25) is 0 Å². The molecule has 7 atom stereocenters. The molecule has 0 unspecified atom stereocenters. The summed E-state index contributed by atoms with van der Waals surface area (Å²) < 4.78 is 24.8. The van der Waals surface area contributed by atoms with Crippen molar-refractivity contribution in [3.8, 4) is 5.75 Å². The summed E-state index contributed by atoms with van der Waals surface area (Å²) in [6, 6.07) is 10.4. The SMILES string of the molecule is COc1cccc(CN2C[C@@H]3C[C@H]2C(=O)N2CCN(C(=O)c4ccc(F)cc4)[C@@H](C2)C(=O)NC[C@H]2O[C@@H](CC(=O)N3)[C@H](O)[C@@H]2O)c1. The third-order valence-electron chi connectivity index (χ3n) is 9.25. The second kappa shape index (κ2) is 13.3. The highest BCUT2D eigenvalue weighted by Gasteiger charge is 2.47. The fourth-order valence-electron chi connectivity index (χ4n) is 6.82. The van der Waals surface area contributed by atoms with Gasteiger partial charge in [0, 0.05) is 44.3 Å². The normalized spacial score (nSPS) is 30.6. The largest absolute Gasteiger partial charge is 0.497 e. The van der Waals surface area contributed by atoms with Gasteiger partial charge in [-0.1, -0.05) is 12.1 Å². The van der Waals surface area contributed by atoms with Gasteiger partial charge in [-0.05, 0) is 48.4 Å². The van der Waals surface area contributed by atoms with Crippen molar-refractivity contribution in [3.63, 3.8) is 0 Å². The van der Waals surface area contributed by atoms with Crippen LogP contribution in [0.4, 0.5) is 4.39 Å². The lowest BCUT2D eigenvalue weighted by Crippen LogP contribution is -2.63. The van der Waals surface area contributed by atoms with Gasteiger partial charge in [0.1, 0.15) is 35.9 Å². The zero-order chi connectivity index (χ0) is 32.5. The van der Waals surface area contributed by atoms with Gasteiger partial charge in [0.2, 0.25) is 17.7 Å². The minimum atomic E-state index is -1.36. The monoisotopic (exact) mass is 639 g/mol. The topological polar surface area (TPSA) is 161 Å². The number of benzene rings is 2. The number of amides is 4. The summed E-state index contributed by atoms with van der Waals surface area (Å²) in [5.74, 6) is -1.52.